The molecule has 4 rings (SSSR count). The molecule has 1 aromatic carbocycles. The zero-order valence-electron chi connectivity index (χ0n) is 28.9. The SMILES string of the molecule is CC(C)C.CCC(C)(C)CC.CCC=Nc1cc(-c2ccc3c(c2)N(C2CC(CCC)C2)C(=O)C3(C)C)nc(N)c1C. The van der Waals surface area contributed by atoms with Crippen LogP contribution in [-0.2, 0) is 10.2 Å². The van der Waals surface area contributed by atoms with E-state index in [1.165, 1.54) is 25.7 Å². The van der Waals surface area contributed by atoms with Crippen molar-refractivity contribution in [2.45, 2.75) is 139 Å². The minimum absolute atomic E-state index is 0.212. The van der Waals surface area contributed by atoms with Crippen LogP contribution in [0.3, 0.4) is 0 Å². The van der Waals surface area contributed by atoms with Gasteiger partial charge >= 0.3 is 0 Å². The average molecular weight is 577 g/mol. The molecule has 2 aliphatic rings. The average Bonchev–Trinajstić information content (AvgIpc) is 3.11. The van der Waals surface area contributed by atoms with Gasteiger partial charge in [0.1, 0.15) is 5.82 Å². The van der Waals surface area contributed by atoms with Crippen molar-refractivity contribution in [3.63, 3.8) is 0 Å². The van der Waals surface area contributed by atoms with E-state index in [1.807, 2.05) is 33.1 Å². The summed E-state index contributed by atoms with van der Waals surface area (Å²) in [7, 11) is 0. The molecule has 234 valence electrons. The Morgan fingerprint density at radius 3 is 2.19 bits per heavy atom. The van der Waals surface area contributed by atoms with E-state index in [0.717, 1.165) is 64.9 Å². The molecule has 5 nitrogen and oxygen atoms in total. The van der Waals surface area contributed by atoms with E-state index in [-0.39, 0.29) is 5.91 Å². The quantitative estimate of drug-likeness (QED) is 0.318. The number of benzene rings is 1. The molecule has 1 fully saturated rings. The lowest BCUT2D eigenvalue weighted by Gasteiger charge is -2.42. The summed E-state index contributed by atoms with van der Waals surface area (Å²) in [5.41, 5.74) is 11.9. The van der Waals surface area contributed by atoms with Gasteiger partial charge in [0.15, 0.2) is 0 Å². The monoisotopic (exact) mass is 576 g/mol. The highest BCUT2D eigenvalue weighted by atomic mass is 16.2. The second-order valence-corrected chi connectivity index (χ2v) is 14.2. The molecule has 0 saturated heterocycles. The van der Waals surface area contributed by atoms with Gasteiger partial charge in [0.25, 0.3) is 0 Å². The topological polar surface area (TPSA) is 71.6 Å². The molecule has 0 unspecified atom stereocenters. The Kier molecular flexibility index (Phi) is 12.8. The first-order chi connectivity index (χ1) is 19.6. The fourth-order valence-electron chi connectivity index (χ4n) is 5.20. The third-order valence-electron chi connectivity index (χ3n) is 8.86. The number of fused-ring (bicyclic) bond motifs is 1. The van der Waals surface area contributed by atoms with Crippen molar-refractivity contribution >= 4 is 29.3 Å². The number of hydrogen-bond acceptors (Lipinski definition) is 4. The molecule has 0 atom stereocenters. The standard InChI is InChI=1S/C26H34N4O.C7H16.C4H10/c1-6-8-17-12-19(13-17)30-23-14-18(9-10-20(23)26(4,5)25(30)31)22-15-21(28-11-7-2)16(3)24(27)29-22;1-5-7(3,4)6-2;1-4(2)3/h9-11,14-15,17,19H,6-8,12-13H2,1-5H3,(H2,27,29);5-6H2,1-4H3;4H,1-3H3. The number of nitrogens with two attached hydrogens (primary N) is 1. The van der Waals surface area contributed by atoms with Gasteiger partial charge in [0, 0.05) is 29.1 Å². The van der Waals surface area contributed by atoms with Crippen molar-refractivity contribution in [3.8, 4) is 11.3 Å². The Balaban J connectivity index is 0.000000479. The number of pyridine rings is 1. The van der Waals surface area contributed by atoms with Crippen LogP contribution in [0.2, 0.25) is 0 Å². The molecule has 1 amide bonds. The van der Waals surface area contributed by atoms with Crippen molar-refractivity contribution in [2.75, 3.05) is 10.6 Å². The van der Waals surface area contributed by atoms with E-state index in [9.17, 15) is 4.79 Å². The summed E-state index contributed by atoms with van der Waals surface area (Å²) in [5, 5.41) is 0. The van der Waals surface area contributed by atoms with E-state index in [0.29, 0.717) is 17.3 Å². The maximum atomic E-state index is 13.4. The van der Waals surface area contributed by atoms with E-state index < -0.39 is 5.41 Å². The first-order valence-corrected chi connectivity index (χ1v) is 16.4. The molecule has 2 heterocycles. The predicted molar refractivity (Wildman–Crippen MR) is 184 cm³/mol. The maximum absolute atomic E-state index is 13.4. The highest BCUT2D eigenvalue weighted by Gasteiger charge is 2.49. The summed E-state index contributed by atoms with van der Waals surface area (Å²) in [6.07, 6.45) is 10.0. The molecule has 1 saturated carbocycles. The molecular formula is C37H60N4O. The largest absolute Gasteiger partial charge is 0.383 e. The van der Waals surface area contributed by atoms with Gasteiger partial charge in [-0.15, -0.1) is 0 Å². The van der Waals surface area contributed by atoms with Crippen LogP contribution in [-0.4, -0.2) is 23.1 Å². The number of anilines is 2. The number of aromatic nitrogens is 1. The third kappa shape index (κ3) is 8.67. The van der Waals surface area contributed by atoms with Crippen molar-refractivity contribution in [2.24, 2.45) is 22.2 Å². The van der Waals surface area contributed by atoms with Crippen LogP contribution in [0, 0.1) is 24.2 Å². The van der Waals surface area contributed by atoms with Gasteiger partial charge in [-0.05, 0) is 75.0 Å². The highest BCUT2D eigenvalue weighted by molar-refractivity contribution is 6.08. The van der Waals surface area contributed by atoms with E-state index in [4.69, 9.17) is 5.73 Å². The Labute approximate surface area is 257 Å². The summed E-state index contributed by atoms with van der Waals surface area (Å²) in [6, 6.07) is 8.58. The van der Waals surface area contributed by atoms with Gasteiger partial charge in [-0.1, -0.05) is 100 Å². The van der Waals surface area contributed by atoms with Gasteiger partial charge in [-0.3, -0.25) is 9.79 Å². The molecule has 1 aliphatic carbocycles. The van der Waals surface area contributed by atoms with Crippen molar-refractivity contribution < 1.29 is 4.79 Å². The lowest BCUT2D eigenvalue weighted by molar-refractivity contribution is -0.123. The van der Waals surface area contributed by atoms with Crippen molar-refractivity contribution in [1.29, 1.82) is 0 Å². The van der Waals surface area contributed by atoms with Gasteiger partial charge < -0.3 is 10.6 Å². The Morgan fingerprint density at radius 1 is 1.10 bits per heavy atom. The molecule has 0 spiro atoms. The number of aliphatic imine (C=N–C) groups is 1. The lowest BCUT2D eigenvalue weighted by Crippen LogP contribution is -2.49. The molecule has 2 N–H and O–H groups in total. The Morgan fingerprint density at radius 2 is 1.69 bits per heavy atom. The van der Waals surface area contributed by atoms with Crippen LogP contribution >= 0.6 is 0 Å². The number of nitrogens with zero attached hydrogens (tertiary/aromatic N) is 3. The summed E-state index contributed by atoms with van der Waals surface area (Å²) in [4.78, 5) is 24.6. The number of carbonyl (C=O) groups excluding carboxylic acids is 1. The van der Waals surface area contributed by atoms with E-state index in [2.05, 4.69) is 95.4 Å². The summed E-state index contributed by atoms with van der Waals surface area (Å²) in [5.74, 6) is 2.29. The molecule has 0 bridgehead atoms. The van der Waals surface area contributed by atoms with Crippen LogP contribution in [0.5, 0.6) is 0 Å². The first-order valence-electron chi connectivity index (χ1n) is 16.4. The third-order valence-corrected chi connectivity index (χ3v) is 8.86. The molecule has 1 aromatic heterocycles. The first kappa shape index (κ1) is 35.5. The number of rotatable bonds is 8. The minimum atomic E-state index is -0.500. The van der Waals surface area contributed by atoms with Crippen LogP contribution in [0.4, 0.5) is 17.2 Å². The summed E-state index contributed by atoms with van der Waals surface area (Å²) in [6.45, 7) is 25.9. The molecule has 5 heteroatoms. The molecule has 42 heavy (non-hydrogen) atoms. The second kappa shape index (κ2) is 15.2. The Hall–Kier alpha value is -2.69. The Bertz CT molecular complexity index is 1200. The predicted octanol–water partition coefficient (Wildman–Crippen LogP) is 10.4. The highest BCUT2D eigenvalue weighted by Crippen LogP contribution is 2.48. The smallest absolute Gasteiger partial charge is 0.237 e. The van der Waals surface area contributed by atoms with E-state index >= 15 is 0 Å². The fraction of sp³-hybridized carbons (Fsp3) is 0.649. The van der Waals surface area contributed by atoms with E-state index in [1.54, 1.807) is 0 Å². The van der Waals surface area contributed by atoms with Gasteiger partial charge in [0.05, 0.1) is 16.8 Å². The number of carbonyl (C=O) groups is 1. The number of hydrogen-bond donors (Lipinski definition) is 1. The zero-order valence-corrected chi connectivity index (χ0v) is 28.9. The van der Waals surface area contributed by atoms with Gasteiger partial charge in [-0.2, -0.15) is 0 Å². The number of amides is 1. The van der Waals surface area contributed by atoms with Gasteiger partial charge in [-0.25, -0.2) is 4.98 Å². The van der Waals surface area contributed by atoms with Crippen LogP contribution in [0.25, 0.3) is 11.3 Å². The zero-order chi connectivity index (χ0) is 31.8. The lowest BCUT2D eigenvalue weighted by atomic mass is 9.76. The fourth-order valence-corrected chi connectivity index (χ4v) is 5.20. The van der Waals surface area contributed by atoms with Crippen LogP contribution < -0.4 is 10.6 Å². The molecular weight excluding hydrogens is 516 g/mol. The summed E-state index contributed by atoms with van der Waals surface area (Å²) >= 11 is 0. The second-order valence-electron chi connectivity index (χ2n) is 14.2. The molecule has 1 aliphatic heterocycles. The van der Waals surface area contributed by atoms with Gasteiger partial charge in [0.2, 0.25) is 5.91 Å². The molecule has 0 radical (unpaired) electrons. The molecule has 2 aromatic rings. The number of nitrogen functional groups attached to an aromatic ring is 1. The minimum Gasteiger partial charge on any atom is -0.383 e. The van der Waals surface area contributed by atoms with Crippen LogP contribution in [0.15, 0.2) is 29.3 Å². The van der Waals surface area contributed by atoms with Crippen LogP contribution in [0.1, 0.15) is 132 Å². The normalized spacial score (nSPS) is 19.2. The summed E-state index contributed by atoms with van der Waals surface area (Å²) < 4.78 is 0. The maximum Gasteiger partial charge on any atom is 0.237 e. The van der Waals surface area contributed by atoms with Crippen molar-refractivity contribution in [3.05, 3.63) is 35.4 Å². The van der Waals surface area contributed by atoms with Crippen molar-refractivity contribution in [1.82, 2.24) is 4.98 Å².